The van der Waals surface area contributed by atoms with Crippen LogP contribution in [-0.2, 0) is 25.4 Å². The Bertz CT molecular complexity index is 696. The number of nitrogens with zero attached hydrogens (tertiary/aromatic N) is 2. The topological polar surface area (TPSA) is 56.6 Å². The maximum absolute atomic E-state index is 5.10. The van der Waals surface area contributed by atoms with Gasteiger partial charge in [-0.2, -0.15) is 0 Å². The van der Waals surface area contributed by atoms with Crippen molar-refractivity contribution in [2.75, 3.05) is 66.7 Å². The van der Waals surface area contributed by atoms with Gasteiger partial charge < -0.3 is 28.7 Å². The molecule has 0 bridgehead atoms. The number of likely N-dealkylation sites (N-methyl/N-ethyl adjacent to an activating group) is 2. The molecule has 2 aromatic carbocycles. The number of rotatable bonds is 10. The third-order valence-electron chi connectivity index (χ3n) is 5.76. The molecule has 4 unspecified atom stereocenters. The van der Waals surface area contributed by atoms with Crippen LogP contribution in [0.25, 0.3) is 0 Å². The number of hydrogen-bond donors (Lipinski definition) is 0. The third kappa shape index (κ3) is 16.6. The normalized spacial score (nSPS) is 23.6. The Labute approximate surface area is 225 Å². The maximum Gasteiger partial charge on any atom is 0.0936 e. The monoisotopic (exact) mass is 514 g/mol. The number of benzene rings is 2. The van der Waals surface area contributed by atoms with Crippen LogP contribution in [0.3, 0.4) is 0 Å². The molecule has 2 aromatic rings. The van der Waals surface area contributed by atoms with Crippen LogP contribution in [0.15, 0.2) is 60.7 Å². The summed E-state index contributed by atoms with van der Waals surface area (Å²) >= 11 is 0. The predicted molar refractivity (Wildman–Crippen MR) is 152 cm³/mol. The van der Waals surface area contributed by atoms with E-state index in [0.29, 0.717) is 24.4 Å². The van der Waals surface area contributed by atoms with Gasteiger partial charge in [-0.3, -0.25) is 0 Å². The van der Waals surface area contributed by atoms with Gasteiger partial charge in [0, 0.05) is 26.2 Å². The third-order valence-corrected chi connectivity index (χ3v) is 5.76. The first-order chi connectivity index (χ1) is 18.1. The first kappa shape index (κ1) is 31.4. The zero-order chi connectivity index (χ0) is 26.9. The summed E-state index contributed by atoms with van der Waals surface area (Å²) in [5.74, 6) is 0. The van der Waals surface area contributed by atoms with Gasteiger partial charge in [-0.05, 0) is 31.6 Å². The fourth-order valence-electron chi connectivity index (χ4n) is 3.66. The molecule has 0 spiro atoms. The summed E-state index contributed by atoms with van der Waals surface area (Å²) in [7, 11) is 4.23. The molecule has 6 nitrogen and oxygen atoms in total. The van der Waals surface area contributed by atoms with E-state index in [1.54, 1.807) is 0 Å². The summed E-state index contributed by atoms with van der Waals surface area (Å²) in [5, 5.41) is 0. The molecule has 0 N–H and O–H groups in total. The van der Waals surface area contributed by atoms with Crippen LogP contribution in [-0.4, -0.2) is 101 Å². The fourth-order valence-corrected chi connectivity index (χ4v) is 3.66. The molecule has 6 heteroatoms. The Morgan fingerprint density at radius 3 is 0.973 bits per heavy atom. The molecule has 4 aliphatic heterocycles. The second-order valence-corrected chi connectivity index (χ2v) is 9.41. The summed E-state index contributed by atoms with van der Waals surface area (Å²) in [5.41, 5.74) is 2.74. The molecule has 4 aliphatic rings. The molecule has 0 aliphatic carbocycles. The van der Waals surface area contributed by atoms with Gasteiger partial charge in [0.05, 0.1) is 50.8 Å². The largest absolute Gasteiger partial charge is 0.372 e. The summed E-state index contributed by atoms with van der Waals surface area (Å²) in [6.45, 7) is 16.1. The standard InChI is InChI=1S/C13H12.2C7H13NO2.2C2H6/c1-3-7-12(8-4-1)11-13-9-5-2-6-10-13;2*1-8(2-6-4-9-6)3-7-5-10-7;2*1-2/h1-10H,11H2;2*6-7H,2-5H2,1H3;2*1-2H3. The van der Waals surface area contributed by atoms with Crippen molar-refractivity contribution in [3.05, 3.63) is 71.8 Å². The average molecular weight is 515 g/mol. The first-order valence-electron chi connectivity index (χ1n) is 14.1. The molecular formula is C31H50N2O4. The van der Waals surface area contributed by atoms with E-state index >= 15 is 0 Å². The molecule has 0 radical (unpaired) electrons. The van der Waals surface area contributed by atoms with Crippen molar-refractivity contribution in [1.29, 1.82) is 0 Å². The van der Waals surface area contributed by atoms with Gasteiger partial charge in [-0.1, -0.05) is 88.4 Å². The zero-order valence-electron chi connectivity index (χ0n) is 24.0. The minimum atomic E-state index is 0.517. The fraction of sp³-hybridized carbons (Fsp3) is 0.613. The zero-order valence-corrected chi connectivity index (χ0v) is 24.0. The lowest BCUT2D eigenvalue weighted by Crippen LogP contribution is -2.27. The SMILES string of the molecule is CC.CC.CN(CC1CO1)CC1CO1.CN(CC1CO1)CC1CO1.c1ccc(Cc2ccccc2)cc1. The second-order valence-electron chi connectivity index (χ2n) is 9.41. The van der Waals surface area contributed by atoms with E-state index in [9.17, 15) is 0 Å². The van der Waals surface area contributed by atoms with Crippen LogP contribution >= 0.6 is 0 Å². The lowest BCUT2D eigenvalue weighted by Gasteiger charge is -2.12. The molecule has 4 saturated heterocycles. The van der Waals surface area contributed by atoms with Crippen LogP contribution in [0, 0.1) is 0 Å². The molecule has 4 heterocycles. The number of epoxide rings is 4. The Hall–Kier alpha value is -1.80. The molecular weight excluding hydrogens is 464 g/mol. The van der Waals surface area contributed by atoms with E-state index < -0.39 is 0 Å². The van der Waals surface area contributed by atoms with Gasteiger partial charge in [0.15, 0.2) is 0 Å². The number of hydrogen-bond acceptors (Lipinski definition) is 6. The second kappa shape index (κ2) is 18.5. The molecule has 37 heavy (non-hydrogen) atoms. The van der Waals surface area contributed by atoms with E-state index in [-0.39, 0.29) is 0 Å². The highest BCUT2D eigenvalue weighted by Crippen LogP contribution is 2.15. The van der Waals surface area contributed by atoms with Gasteiger partial charge in [0.25, 0.3) is 0 Å². The molecule has 4 fully saturated rings. The highest BCUT2D eigenvalue weighted by atomic mass is 16.6. The molecule has 0 amide bonds. The Morgan fingerprint density at radius 2 is 0.757 bits per heavy atom. The van der Waals surface area contributed by atoms with E-state index in [1.165, 1.54) is 11.1 Å². The van der Waals surface area contributed by atoms with Crippen molar-refractivity contribution in [3.63, 3.8) is 0 Å². The van der Waals surface area contributed by atoms with Crippen LogP contribution in [0.5, 0.6) is 0 Å². The van der Waals surface area contributed by atoms with Crippen molar-refractivity contribution in [1.82, 2.24) is 9.80 Å². The molecule has 208 valence electrons. The van der Waals surface area contributed by atoms with Gasteiger partial charge in [0.2, 0.25) is 0 Å². The Balaban J connectivity index is 0.000000184. The van der Waals surface area contributed by atoms with Gasteiger partial charge in [-0.25, -0.2) is 0 Å². The quantitative estimate of drug-likeness (QED) is 0.426. The first-order valence-corrected chi connectivity index (χ1v) is 14.1. The lowest BCUT2D eigenvalue weighted by atomic mass is 10.1. The van der Waals surface area contributed by atoms with Crippen molar-refractivity contribution in [2.24, 2.45) is 0 Å². The highest BCUT2D eigenvalue weighted by Gasteiger charge is 2.29. The van der Waals surface area contributed by atoms with Gasteiger partial charge >= 0.3 is 0 Å². The van der Waals surface area contributed by atoms with E-state index in [4.69, 9.17) is 18.9 Å². The van der Waals surface area contributed by atoms with E-state index in [1.807, 2.05) is 27.7 Å². The number of ether oxygens (including phenoxy) is 4. The minimum absolute atomic E-state index is 0.517. The smallest absolute Gasteiger partial charge is 0.0936 e. The summed E-state index contributed by atoms with van der Waals surface area (Å²) in [4.78, 5) is 4.55. The van der Waals surface area contributed by atoms with Crippen molar-refractivity contribution in [2.45, 2.75) is 58.5 Å². The summed E-state index contributed by atoms with van der Waals surface area (Å²) in [6, 6.07) is 21.1. The van der Waals surface area contributed by atoms with E-state index in [0.717, 1.165) is 59.0 Å². The highest BCUT2D eigenvalue weighted by molar-refractivity contribution is 5.25. The van der Waals surface area contributed by atoms with Crippen molar-refractivity contribution >= 4 is 0 Å². The Kier molecular flexibility index (Phi) is 15.7. The van der Waals surface area contributed by atoms with Crippen LogP contribution in [0.2, 0.25) is 0 Å². The average Bonchev–Trinajstić information content (AvgIpc) is 3.71. The van der Waals surface area contributed by atoms with E-state index in [2.05, 4.69) is 84.6 Å². The van der Waals surface area contributed by atoms with Crippen molar-refractivity contribution in [3.8, 4) is 0 Å². The van der Waals surface area contributed by atoms with Crippen LogP contribution < -0.4 is 0 Å². The van der Waals surface area contributed by atoms with Gasteiger partial charge in [-0.15, -0.1) is 0 Å². The van der Waals surface area contributed by atoms with Crippen LogP contribution in [0.4, 0.5) is 0 Å². The summed E-state index contributed by atoms with van der Waals surface area (Å²) in [6.07, 6.45) is 3.10. The predicted octanol–water partition coefficient (Wildman–Crippen LogP) is 4.76. The van der Waals surface area contributed by atoms with Crippen molar-refractivity contribution < 1.29 is 18.9 Å². The molecule has 6 rings (SSSR count). The summed E-state index contributed by atoms with van der Waals surface area (Å²) < 4.78 is 20.4. The molecule has 4 atom stereocenters. The maximum atomic E-state index is 5.10. The minimum Gasteiger partial charge on any atom is -0.372 e. The van der Waals surface area contributed by atoms with Gasteiger partial charge in [0.1, 0.15) is 0 Å². The molecule has 0 aromatic heterocycles. The Morgan fingerprint density at radius 1 is 0.514 bits per heavy atom. The lowest BCUT2D eigenvalue weighted by molar-refractivity contribution is 0.256. The molecule has 0 saturated carbocycles. The van der Waals surface area contributed by atoms with Crippen LogP contribution in [0.1, 0.15) is 38.8 Å².